The lowest BCUT2D eigenvalue weighted by Gasteiger charge is -2.15. The van der Waals surface area contributed by atoms with Crippen LogP contribution in [-0.2, 0) is 16.2 Å². The average molecular weight is 401 g/mol. The van der Waals surface area contributed by atoms with Gasteiger partial charge in [-0.3, -0.25) is 0 Å². The van der Waals surface area contributed by atoms with Gasteiger partial charge in [0, 0.05) is 6.54 Å². The molecule has 0 bridgehead atoms. The van der Waals surface area contributed by atoms with Crippen LogP contribution in [0.15, 0.2) is 68.8 Å². The molecule has 0 saturated carbocycles. The topological polar surface area (TPSA) is 59.3 Å². The van der Waals surface area contributed by atoms with E-state index in [1.54, 1.807) is 12.1 Å². The number of halogens is 3. The Bertz CT molecular complexity index is 915. The van der Waals surface area contributed by atoms with Crippen LogP contribution in [-0.4, -0.2) is 15.0 Å². The van der Waals surface area contributed by atoms with Gasteiger partial charge in [-0.2, -0.15) is 24.5 Å². The second kappa shape index (κ2) is 7.26. The Morgan fingerprint density at radius 1 is 1.15 bits per heavy atom. The summed E-state index contributed by atoms with van der Waals surface area (Å²) in [5.41, 5.74) is -0.155. The van der Waals surface area contributed by atoms with Gasteiger partial charge in [0.1, 0.15) is 5.76 Å². The molecule has 0 amide bonds. The van der Waals surface area contributed by atoms with Gasteiger partial charge < -0.3 is 4.42 Å². The molecule has 0 aliphatic heterocycles. The fourth-order valence-corrected chi connectivity index (χ4v) is 4.27. The number of hydrogen-bond acceptors (Lipinski definition) is 4. The maximum absolute atomic E-state index is 12.8. The van der Waals surface area contributed by atoms with Crippen LogP contribution in [0.1, 0.15) is 22.8 Å². The van der Waals surface area contributed by atoms with Crippen molar-refractivity contribution in [2.75, 3.05) is 6.54 Å². The number of sulfonamides is 1. The molecule has 9 heteroatoms. The number of rotatable bonds is 6. The van der Waals surface area contributed by atoms with Gasteiger partial charge in [-0.25, -0.2) is 13.1 Å². The van der Waals surface area contributed by atoms with Crippen molar-refractivity contribution < 1.29 is 26.0 Å². The molecule has 1 atom stereocenters. The summed E-state index contributed by atoms with van der Waals surface area (Å²) >= 11 is 1.46. The van der Waals surface area contributed by atoms with Crippen LogP contribution in [0, 0.1) is 0 Å². The molecule has 3 aromatic rings. The highest BCUT2D eigenvalue weighted by molar-refractivity contribution is 7.89. The number of hydrogen-bond donors (Lipinski definition) is 1. The first-order chi connectivity index (χ1) is 12.3. The van der Waals surface area contributed by atoms with Crippen LogP contribution in [0.25, 0.3) is 0 Å². The van der Waals surface area contributed by atoms with E-state index in [-0.39, 0.29) is 12.5 Å². The van der Waals surface area contributed by atoms with E-state index in [1.807, 2.05) is 16.8 Å². The number of thiophene rings is 1. The van der Waals surface area contributed by atoms with Crippen LogP contribution in [0.5, 0.6) is 0 Å². The summed E-state index contributed by atoms with van der Waals surface area (Å²) in [6.45, 7) is -0.0389. The first kappa shape index (κ1) is 18.7. The van der Waals surface area contributed by atoms with Crippen LogP contribution in [0.2, 0.25) is 0 Å². The van der Waals surface area contributed by atoms with Crippen molar-refractivity contribution in [3.8, 4) is 0 Å². The molecule has 26 heavy (non-hydrogen) atoms. The smallest absolute Gasteiger partial charge is 0.416 e. The Labute approximate surface area is 152 Å². The average Bonchev–Trinajstić information content (AvgIpc) is 3.28. The second-order valence-electron chi connectivity index (χ2n) is 5.50. The van der Waals surface area contributed by atoms with Crippen LogP contribution >= 0.6 is 11.3 Å². The summed E-state index contributed by atoms with van der Waals surface area (Å²) in [7, 11) is -4.11. The predicted octanol–water partition coefficient (Wildman–Crippen LogP) is 4.47. The van der Waals surface area contributed by atoms with E-state index in [2.05, 4.69) is 4.72 Å². The molecule has 2 heterocycles. The van der Waals surface area contributed by atoms with Gasteiger partial charge in [-0.1, -0.05) is 6.07 Å². The zero-order valence-electron chi connectivity index (χ0n) is 13.2. The lowest BCUT2D eigenvalue weighted by molar-refractivity contribution is -0.137. The van der Waals surface area contributed by atoms with Crippen molar-refractivity contribution in [3.05, 3.63) is 76.4 Å². The highest BCUT2D eigenvalue weighted by Crippen LogP contribution is 2.31. The normalized spacial score (nSPS) is 13.7. The Morgan fingerprint density at radius 2 is 1.96 bits per heavy atom. The van der Waals surface area contributed by atoms with E-state index in [1.165, 1.54) is 17.6 Å². The zero-order valence-corrected chi connectivity index (χ0v) is 14.9. The number of alkyl halides is 3. The van der Waals surface area contributed by atoms with Gasteiger partial charge in [0.15, 0.2) is 0 Å². The quantitative estimate of drug-likeness (QED) is 0.663. The zero-order chi connectivity index (χ0) is 18.8. The summed E-state index contributed by atoms with van der Waals surface area (Å²) in [5.74, 6) is 0.187. The van der Waals surface area contributed by atoms with Gasteiger partial charge in [0.05, 0.1) is 22.6 Å². The highest BCUT2D eigenvalue weighted by atomic mass is 32.2. The molecule has 0 aliphatic rings. The minimum atomic E-state index is -4.61. The third kappa shape index (κ3) is 4.17. The van der Waals surface area contributed by atoms with Gasteiger partial charge in [-0.05, 0) is 52.7 Å². The number of furan rings is 1. The molecule has 2 aromatic heterocycles. The molecule has 0 aliphatic carbocycles. The summed E-state index contributed by atoms with van der Waals surface area (Å²) < 4.78 is 71.1. The first-order valence-electron chi connectivity index (χ1n) is 7.50. The Hall–Kier alpha value is -2.10. The van der Waals surface area contributed by atoms with Crippen LogP contribution in [0.3, 0.4) is 0 Å². The predicted molar refractivity (Wildman–Crippen MR) is 91.5 cm³/mol. The maximum Gasteiger partial charge on any atom is 0.416 e. The largest absolute Gasteiger partial charge is 0.469 e. The molecule has 0 saturated heterocycles. The summed E-state index contributed by atoms with van der Waals surface area (Å²) in [6.07, 6.45) is -3.13. The summed E-state index contributed by atoms with van der Waals surface area (Å²) in [6, 6.07) is 8.91. The Kier molecular flexibility index (Phi) is 5.22. The molecule has 0 fully saturated rings. The molecule has 1 unspecified atom stereocenters. The SMILES string of the molecule is O=S(=O)(NCC(c1ccsc1)c1ccco1)c1cccc(C(F)(F)F)c1. The van der Waals surface area contributed by atoms with E-state index in [0.29, 0.717) is 11.8 Å². The second-order valence-corrected chi connectivity index (χ2v) is 8.05. The standard InChI is InChI=1S/C17H14F3NO3S2/c18-17(19,20)13-3-1-4-14(9-13)26(22,23)21-10-15(12-6-8-25-11-12)16-5-2-7-24-16/h1-9,11,15,21H,10H2. The number of benzene rings is 1. The van der Waals surface area contributed by atoms with Crippen LogP contribution < -0.4 is 4.72 Å². The molecule has 3 rings (SSSR count). The van der Waals surface area contributed by atoms with E-state index in [9.17, 15) is 21.6 Å². The van der Waals surface area contributed by atoms with Crippen molar-refractivity contribution in [3.63, 3.8) is 0 Å². The van der Waals surface area contributed by atoms with Crippen molar-refractivity contribution >= 4 is 21.4 Å². The fraction of sp³-hybridized carbons (Fsp3) is 0.176. The minimum absolute atomic E-state index is 0.0389. The summed E-state index contributed by atoms with van der Waals surface area (Å²) in [5, 5.41) is 3.72. The molecular weight excluding hydrogens is 387 g/mol. The number of nitrogens with one attached hydrogen (secondary N) is 1. The molecule has 138 valence electrons. The third-order valence-electron chi connectivity index (χ3n) is 3.78. The molecule has 0 radical (unpaired) electrons. The fourth-order valence-electron chi connectivity index (χ4n) is 2.46. The van der Waals surface area contributed by atoms with E-state index < -0.39 is 26.7 Å². The Morgan fingerprint density at radius 3 is 2.58 bits per heavy atom. The lowest BCUT2D eigenvalue weighted by Crippen LogP contribution is -2.29. The molecule has 1 N–H and O–H groups in total. The lowest BCUT2D eigenvalue weighted by atomic mass is 10.00. The first-order valence-corrected chi connectivity index (χ1v) is 9.92. The minimum Gasteiger partial charge on any atom is -0.469 e. The summed E-state index contributed by atoms with van der Waals surface area (Å²) in [4.78, 5) is -0.434. The van der Waals surface area contributed by atoms with Crippen LogP contribution in [0.4, 0.5) is 13.2 Å². The van der Waals surface area contributed by atoms with Crippen molar-refractivity contribution in [2.45, 2.75) is 17.0 Å². The van der Waals surface area contributed by atoms with E-state index in [4.69, 9.17) is 4.42 Å². The Balaban J connectivity index is 1.83. The maximum atomic E-state index is 12.8. The van der Waals surface area contributed by atoms with Gasteiger partial charge in [0.25, 0.3) is 0 Å². The molecule has 0 spiro atoms. The van der Waals surface area contributed by atoms with Gasteiger partial charge in [0.2, 0.25) is 10.0 Å². The van der Waals surface area contributed by atoms with Gasteiger partial charge >= 0.3 is 6.18 Å². The van der Waals surface area contributed by atoms with Crippen molar-refractivity contribution in [1.82, 2.24) is 4.72 Å². The monoisotopic (exact) mass is 401 g/mol. The third-order valence-corrected chi connectivity index (χ3v) is 5.90. The van der Waals surface area contributed by atoms with E-state index >= 15 is 0 Å². The van der Waals surface area contributed by atoms with Gasteiger partial charge in [-0.15, -0.1) is 0 Å². The van der Waals surface area contributed by atoms with Crippen molar-refractivity contribution in [2.24, 2.45) is 0 Å². The molecule has 1 aromatic carbocycles. The molecular formula is C17H14F3NO3S2. The van der Waals surface area contributed by atoms with Crippen molar-refractivity contribution in [1.29, 1.82) is 0 Å². The molecule has 4 nitrogen and oxygen atoms in total. The van der Waals surface area contributed by atoms with E-state index in [0.717, 1.165) is 23.8 Å². The highest BCUT2D eigenvalue weighted by Gasteiger charge is 2.32.